The van der Waals surface area contributed by atoms with Gasteiger partial charge >= 0.3 is 0 Å². The molecule has 1 aliphatic rings. The minimum Gasteiger partial charge on any atom is -0.388 e. The molecule has 0 saturated carbocycles. The Morgan fingerprint density at radius 1 is 1.15 bits per heavy atom. The number of carbonyl (C=O) groups is 1. The molecule has 0 spiro atoms. The average molecular weight is 486 g/mol. The first-order valence-electron chi connectivity index (χ1n) is 10.8. The third-order valence-corrected chi connectivity index (χ3v) is 6.37. The highest BCUT2D eigenvalue weighted by atomic mass is 35.5. The number of nitrogens with zero attached hydrogens (tertiary/aromatic N) is 5. The summed E-state index contributed by atoms with van der Waals surface area (Å²) in [5, 5.41) is 24.1. The number of aliphatic hydroxyl groups excluding tert-OH is 1. The summed E-state index contributed by atoms with van der Waals surface area (Å²) < 4.78 is 0. The van der Waals surface area contributed by atoms with Crippen LogP contribution in [-0.4, -0.2) is 49.2 Å². The Bertz CT molecular complexity index is 1140. The van der Waals surface area contributed by atoms with Crippen molar-refractivity contribution in [3.63, 3.8) is 0 Å². The van der Waals surface area contributed by atoms with Crippen LogP contribution in [0.1, 0.15) is 41.5 Å². The topological polar surface area (TPSA) is 84.1 Å². The van der Waals surface area contributed by atoms with Crippen molar-refractivity contribution in [2.45, 2.75) is 32.4 Å². The van der Waals surface area contributed by atoms with Gasteiger partial charge in [0.2, 0.25) is 5.91 Å². The molecule has 0 bridgehead atoms. The lowest BCUT2D eigenvalue weighted by molar-refractivity contribution is -0.127. The van der Waals surface area contributed by atoms with Crippen molar-refractivity contribution in [1.29, 1.82) is 0 Å². The molecule has 1 atom stereocenters. The molecule has 1 N–H and O–H groups in total. The quantitative estimate of drug-likeness (QED) is 0.525. The molecule has 2 heterocycles. The molecular weight excluding hydrogens is 461 g/mol. The fourth-order valence-electron chi connectivity index (χ4n) is 4.05. The Hall–Kier alpha value is -2.74. The van der Waals surface area contributed by atoms with Crippen LogP contribution in [0.4, 0.5) is 0 Å². The van der Waals surface area contributed by atoms with Gasteiger partial charge in [-0.2, -0.15) is 4.80 Å². The number of aliphatic hydroxyl groups is 1. The number of piperidine rings is 1. The summed E-state index contributed by atoms with van der Waals surface area (Å²) in [6, 6.07) is 12.8. The number of aromatic nitrogens is 4. The van der Waals surface area contributed by atoms with E-state index in [9.17, 15) is 9.90 Å². The summed E-state index contributed by atoms with van der Waals surface area (Å²) in [6.45, 7) is 3.39. The number of tetrazole rings is 1. The fraction of sp³-hybridized carbons (Fsp3) is 0.333. The van der Waals surface area contributed by atoms with Crippen LogP contribution < -0.4 is 0 Å². The molecule has 1 aromatic heterocycles. The second kappa shape index (κ2) is 10.5. The van der Waals surface area contributed by atoms with Crippen LogP contribution in [0.5, 0.6) is 0 Å². The fourth-order valence-corrected chi connectivity index (χ4v) is 4.37. The van der Waals surface area contributed by atoms with E-state index in [4.69, 9.17) is 23.2 Å². The first-order chi connectivity index (χ1) is 15.9. The lowest BCUT2D eigenvalue weighted by Crippen LogP contribution is -2.38. The van der Waals surface area contributed by atoms with Gasteiger partial charge in [0.1, 0.15) is 0 Å². The molecule has 7 nitrogen and oxygen atoms in total. The lowest BCUT2D eigenvalue weighted by Gasteiger charge is -2.34. The van der Waals surface area contributed by atoms with Gasteiger partial charge in [0.15, 0.2) is 5.82 Å². The number of carbonyl (C=O) groups excluding carboxylic acids is 1. The van der Waals surface area contributed by atoms with Crippen molar-refractivity contribution in [3.05, 3.63) is 81.1 Å². The zero-order valence-corrected chi connectivity index (χ0v) is 19.7. The van der Waals surface area contributed by atoms with E-state index in [2.05, 4.69) is 15.4 Å². The Morgan fingerprint density at radius 2 is 1.85 bits per heavy atom. The second-order valence-electron chi connectivity index (χ2n) is 8.20. The van der Waals surface area contributed by atoms with E-state index in [0.717, 1.165) is 29.5 Å². The van der Waals surface area contributed by atoms with E-state index >= 15 is 0 Å². The summed E-state index contributed by atoms with van der Waals surface area (Å²) >= 11 is 12.1. The van der Waals surface area contributed by atoms with Crippen molar-refractivity contribution in [3.8, 4) is 0 Å². The van der Waals surface area contributed by atoms with Crippen LogP contribution >= 0.6 is 23.2 Å². The maximum atomic E-state index is 12.8. The van der Waals surface area contributed by atoms with Crippen molar-refractivity contribution < 1.29 is 9.90 Å². The maximum absolute atomic E-state index is 12.8. The number of amides is 1. The minimum absolute atomic E-state index is 0.0509. The molecule has 4 rings (SSSR count). The Kier molecular flexibility index (Phi) is 7.42. The monoisotopic (exact) mass is 485 g/mol. The van der Waals surface area contributed by atoms with E-state index in [1.54, 1.807) is 37.3 Å². The van der Waals surface area contributed by atoms with Gasteiger partial charge in [-0.3, -0.25) is 4.79 Å². The number of halogens is 2. The number of hydrogen-bond acceptors (Lipinski definition) is 5. The zero-order valence-electron chi connectivity index (χ0n) is 18.2. The molecule has 0 radical (unpaired) electrons. The van der Waals surface area contributed by atoms with Gasteiger partial charge in [0, 0.05) is 29.2 Å². The van der Waals surface area contributed by atoms with Crippen LogP contribution in [0.2, 0.25) is 10.0 Å². The lowest BCUT2D eigenvalue weighted by atomic mass is 9.87. The summed E-state index contributed by atoms with van der Waals surface area (Å²) in [5.74, 6) is 0.652. The Balaban J connectivity index is 1.37. The second-order valence-corrected chi connectivity index (χ2v) is 9.08. The molecule has 9 heteroatoms. The number of aryl methyl sites for hydroxylation is 1. The van der Waals surface area contributed by atoms with E-state index < -0.39 is 6.10 Å². The third-order valence-electron chi connectivity index (χ3n) is 5.88. The van der Waals surface area contributed by atoms with Crippen LogP contribution in [0.25, 0.3) is 6.08 Å². The van der Waals surface area contributed by atoms with Crippen LogP contribution in [-0.2, 0) is 11.3 Å². The molecule has 172 valence electrons. The SMILES string of the molecule is Cc1nnn(Cc2cc(Cl)ccc2/C=C/C(=O)N2CCC([C@@H](O)c3ccc(Cl)cc3)CC2)n1. The summed E-state index contributed by atoms with van der Waals surface area (Å²) in [4.78, 5) is 16.1. The van der Waals surface area contributed by atoms with Crippen molar-refractivity contribution in [2.24, 2.45) is 5.92 Å². The molecule has 0 aliphatic carbocycles. The molecule has 1 saturated heterocycles. The normalized spacial score (nSPS) is 15.8. The first kappa shape index (κ1) is 23.4. The van der Waals surface area contributed by atoms with E-state index in [1.165, 1.54) is 4.80 Å². The third kappa shape index (κ3) is 5.99. The average Bonchev–Trinajstić information content (AvgIpc) is 3.23. The Labute approximate surface area is 202 Å². The molecular formula is C24H25Cl2N5O2. The van der Waals surface area contributed by atoms with Crippen LogP contribution in [0, 0.1) is 12.8 Å². The highest BCUT2D eigenvalue weighted by molar-refractivity contribution is 6.30. The molecule has 0 unspecified atom stereocenters. The molecule has 2 aromatic carbocycles. The highest BCUT2D eigenvalue weighted by Gasteiger charge is 2.27. The van der Waals surface area contributed by atoms with E-state index in [-0.39, 0.29) is 11.8 Å². The van der Waals surface area contributed by atoms with Crippen molar-refractivity contribution >= 4 is 35.2 Å². The van der Waals surface area contributed by atoms with Crippen molar-refractivity contribution in [1.82, 2.24) is 25.1 Å². The van der Waals surface area contributed by atoms with E-state index in [1.807, 2.05) is 29.2 Å². The summed E-state index contributed by atoms with van der Waals surface area (Å²) in [6.07, 6.45) is 4.32. The Morgan fingerprint density at radius 3 is 2.52 bits per heavy atom. The van der Waals surface area contributed by atoms with E-state index in [0.29, 0.717) is 35.5 Å². The van der Waals surface area contributed by atoms with Gasteiger partial charge in [-0.15, -0.1) is 10.2 Å². The standard InChI is InChI=1S/C24H25Cl2N5O2/c1-16-27-29-31(28-16)15-20-14-22(26)8-2-17(20)5-9-23(32)30-12-10-19(11-13-30)24(33)18-3-6-21(25)7-4-18/h2-9,14,19,24,33H,10-13,15H2,1H3/b9-5+/t24-/m0/s1. The molecule has 3 aromatic rings. The molecule has 33 heavy (non-hydrogen) atoms. The highest BCUT2D eigenvalue weighted by Crippen LogP contribution is 2.31. The smallest absolute Gasteiger partial charge is 0.246 e. The zero-order chi connectivity index (χ0) is 23.4. The van der Waals surface area contributed by atoms with Crippen LogP contribution in [0.3, 0.4) is 0 Å². The van der Waals surface area contributed by atoms with Gasteiger partial charge in [-0.05, 0) is 77.9 Å². The van der Waals surface area contributed by atoms with Gasteiger partial charge in [-0.25, -0.2) is 0 Å². The van der Waals surface area contributed by atoms with Gasteiger partial charge in [-0.1, -0.05) is 41.4 Å². The minimum atomic E-state index is -0.555. The molecule has 1 aliphatic heterocycles. The number of rotatable bonds is 6. The predicted molar refractivity (Wildman–Crippen MR) is 128 cm³/mol. The van der Waals surface area contributed by atoms with Crippen LogP contribution in [0.15, 0.2) is 48.5 Å². The predicted octanol–water partition coefficient (Wildman–Crippen LogP) is 4.32. The largest absolute Gasteiger partial charge is 0.388 e. The summed E-state index contributed by atoms with van der Waals surface area (Å²) in [7, 11) is 0. The number of likely N-dealkylation sites (tertiary alicyclic amines) is 1. The number of hydrogen-bond donors (Lipinski definition) is 1. The van der Waals surface area contributed by atoms with Gasteiger partial charge < -0.3 is 10.0 Å². The summed E-state index contributed by atoms with van der Waals surface area (Å²) in [5.41, 5.74) is 2.63. The molecule has 1 fully saturated rings. The van der Waals surface area contributed by atoms with Crippen molar-refractivity contribution in [2.75, 3.05) is 13.1 Å². The number of benzene rings is 2. The molecule has 1 amide bonds. The maximum Gasteiger partial charge on any atom is 0.246 e. The van der Waals surface area contributed by atoms with Gasteiger partial charge in [0.25, 0.3) is 0 Å². The van der Waals surface area contributed by atoms with Gasteiger partial charge in [0.05, 0.1) is 12.6 Å². The first-order valence-corrected chi connectivity index (χ1v) is 11.6.